The molecule has 0 bridgehead atoms. The van der Waals surface area contributed by atoms with E-state index >= 15 is 0 Å². The topological polar surface area (TPSA) is 22.3 Å². The first-order chi connectivity index (χ1) is 10.8. The lowest BCUT2D eigenvalue weighted by atomic mass is 10.1. The molecular weight excluding hydrogens is 314 g/mol. The molecule has 1 saturated heterocycles. The van der Waals surface area contributed by atoms with Gasteiger partial charge in [-0.25, -0.2) is 0 Å². The highest BCUT2D eigenvalue weighted by atomic mass is 35.5. The van der Waals surface area contributed by atoms with E-state index < -0.39 is 0 Å². The molecule has 1 aromatic carbocycles. The second-order valence-electron chi connectivity index (χ2n) is 5.70. The summed E-state index contributed by atoms with van der Waals surface area (Å²) in [5.41, 5.74) is 2.62. The fourth-order valence-electron chi connectivity index (χ4n) is 3.10. The molecule has 0 amide bonds. The molecule has 0 radical (unpaired) electrons. The van der Waals surface area contributed by atoms with Crippen LogP contribution in [0.15, 0.2) is 42.6 Å². The maximum absolute atomic E-state index is 6.04. The number of halogens is 1. The van der Waals surface area contributed by atoms with Crippen molar-refractivity contribution >= 4 is 38.8 Å². The number of anilines is 1. The van der Waals surface area contributed by atoms with Gasteiger partial charge in [0.05, 0.1) is 9.34 Å². The van der Waals surface area contributed by atoms with Crippen LogP contribution in [-0.4, -0.2) is 36.1 Å². The lowest BCUT2D eigenvalue weighted by Crippen LogP contribution is -2.45. The number of aromatic amines is 1. The highest BCUT2D eigenvalue weighted by Gasteiger charge is 2.19. The van der Waals surface area contributed by atoms with E-state index in [1.807, 2.05) is 6.07 Å². The fourth-order valence-corrected chi connectivity index (χ4v) is 4.19. The molecule has 0 aliphatic carbocycles. The van der Waals surface area contributed by atoms with E-state index in [0.29, 0.717) is 0 Å². The maximum Gasteiger partial charge on any atom is 0.0950 e. The first-order valence-electron chi connectivity index (χ1n) is 7.57. The molecule has 114 valence electrons. The molecule has 0 unspecified atom stereocenters. The van der Waals surface area contributed by atoms with Gasteiger partial charge in [0.1, 0.15) is 0 Å². The van der Waals surface area contributed by atoms with E-state index in [2.05, 4.69) is 51.3 Å². The average Bonchev–Trinajstić information content (AvgIpc) is 3.15. The molecule has 22 heavy (non-hydrogen) atoms. The summed E-state index contributed by atoms with van der Waals surface area (Å²) in [6, 6.07) is 12.6. The van der Waals surface area contributed by atoms with E-state index in [1.54, 1.807) is 11.3 Å². The molecule has 1 aliphatic rings. The Balaban J connectivity index is 1.42. The molecule has 1 fully saturated rings. The number of hydrogen-bond acceptors (Lipinski definition) is 3. The number of H-pyrrole nitrogens is 1. The van der Waals surface area contributed by atoms with Crippen molar-refractivity contribution in [2.45, 2.75) is 6.54 Å². The van der Waals surface area contributed by atoms with Gasteiger partial charge in [-0.15, -0.1) is 11.3 Å². The number of benzene rings is 1. The van der Waals surface area contributed by atoms with E-state index in [9.17, 15) is 0 Å². The Labute approximate surface area is 139 Å². The molecule has 1 N–H and O–H groups in total. The smallest absolute Gasteiger partial charge is 0.0950 e. The molecule has 3 aromatic rings. The van der Waals surface area contributed by atoms with E-state index in [0.717, 1.165) is 37.1 Å². The van der Waals surface area contributed by atoms with Crippen LogP contribution in [-0.2, 0) is 6.54 Å². The lowest BCUT2D eigenvalue weighted by Gasteiger charge is -2.35. The van der Waals surface area contributed by atoms with Gasteiger partial charge in [0, 0.05) is 49.8 Å². The third-order valence-electron chi connectivity index (χ3n) is 4.31. The molecule has 2 aromatic heterocycles. The van der Waals surface area contributed by atoms with Crippen molar-refractivity contribution in [2.24, 2.45) is 0 Å². The fraction of sp³-hybridized carbons (Fsp3) is 0.294. The van der Waals surface area contributed by atoms with Gasteiger partial charge in [-0.2, -0.15) is 0 Å². The number of rotatable bonds is 3. The third-order valence-corrected chi connectivity index (χ3v) is 5.60. The van der Waals surface area contributed by atoms with Gasteiger partial charge >= 0.3 is 0 Å². The number of fused-ring (bicyclic) bond motifs is 1. The van der Waals surface area contributed by atoms with Crippen molar-refractivity contribution in [1.82, 2.24) is 9.88 Å². The minimum Gasteiger partial charge on any atom is -0.361 e. The summed E-state index contributed by atoms with van der Waals surface area (Å²) < 4.78 is 0.872. The standard InChI is InChI=1S/C17H18ClN3S/c18-16-5-6-17(22-16)21-9-7-20(8-10-21)12-13-11-19-15-4-2-1-3-14(13)15/h1-6,11,19H,7-10,12H2. The summed E-state index contributed by atoms with van der Waals surface area (Å²) in [5.74, 6) is 0. The van der Waals surface area contributed by atoms with Crippen LogP contribution in [0.4, 0.5) is 5.00 Å². The van der Waals surface area contributed by atoms with Crippen molar-refractivity contribution in [2.75, 3.05) is 31.1 Å². The first-order valence-corrected chi connectivity index (χ1v) is 8.77. The molecule has 3 heterocycles. The first kappa shape index (κ1) is 14.1. The van der Waals surface area contributed by atoms with Crippen molar-refractivity contribution in [1.29, 1.82) is 0 Å². The average molecular weight is 332 g/mol. The monoisotopic (exact) mass is 331 g/mol. The SMILES string of the molecule is Clc1ccc(N2CCN(Cc3c[nH]c4ccccc34)CC2)s1. The summed E-state index contributed by atoms with van der Waals surface area (Å²) >= 11 is 7.71. The Morgan fingerprint density at radius 2 is 1.86 bits per heavy atom. The van der Waals surface area contributed by atoms with Gasteiger partial charge in [0.15, 0.2) is 0 Å². The third kappa shape index (κ3) is 2.74. The molecule has 0 atom stereocenters. The number of hydrogen-bond donors (Lipinski definition) is 1. The number of para-hydroxylation sites is 1. The number of nitrogens with zero attached hydrogens (tertiary/aromatic N) is 2. The van der Waals surface area contributed by atoms with Gasteiger partial charge in [-0.05, 0) is 23.8 Å². The lowest BCUT2D eigenvalue weighted by molar-refractivity contribution is 0.251. The minimum absolute atomic E-state index is 0.872. The second-order valence-corrected chi connectivity index (χ2v) is 7.39. The minimum atomic E-state index is 0.872. The predicted molar refractivity (Wildman–Crippen MR) is 95.1 cm³/mol. The highest BCUT2D eigenvalue weighted by Crippen LogP contribution is 2.30. The Bertz CT molecular complexity index is 771. The number of aromatic nitrogens is 1. The number of thiophene rings is 1. The van der Waals surface area contributed by atoms with Crippen molar-refractivity contribution in [3.63, 3.8) is 0 Å². The molecule has 1 aliphatic heterocycles. The van der Waals surface area contributed by atoms with Crippen LogP contribution < -0.4 is 4.90 Å². The van der Waals surface area contributed by atoms with Crippen LogP contribution in [0.5, 0.6) is 0 Å². The summed E-state index contributed by atoms with van der Waals surface area (Å²) in [6.45, 7) is 5.34. The Hall–Kier alpha value is -1.49. The van der Waals surface area contributed by atoms with Gasteiger partial charge in [0.25, 0.3) is 0 Å². The Kier molecular flexibility index (Phi) is 3.82. The second kappa shape index (κ2) is 5.95. The molecular formula is C17H18ClN3S. The van der Waals surface area contributed by atoms with E-state index in [4.69, 9.17) is 11.6 Å². The van der Waals surface area contributed by atoms with Crippen molar-refractivity contribution in [3.05, 3.63) is 52.5 Å². The summed E-state index contributed by atoms with van der Waals surface area (Å²) in [5, 5.41) is 2.63. The predicted octanol–water partition coefficient (Wildman–Crippen LogP) is 4.21. The van der Waals surface area contributed by atoms with E-state index in [1.165, 1.54) is 21.5 Å². The van der Waals surface area contributed by atoms with Crippen LogP contribution >= 0.6 is 22.9 Å². The summed E-state index contributed by atoms with van der Waals surface area (Å²) in [6.07, 6.45) is 2.15. The number of piperazine rings is 1. The van der Waals surface area contributed by atoms with Crippen LogP contribution in [0.3, 0.4) is 0 Å². The zero-order chi connectivity index (χ0) is 14.9. The molecule has 5 heteroatoms. The summed E-state index contributed by atoms with van der Waals surface area (Å²) in [4.78, 5) is 8.33. The molecule has 4 rings (SSSR count). The van der Waals surface area contributed by atoms with Crippen LogP contribution in [0.2, 0.25) is 4.34 Å². The summed E-state index contributed by atoms with van der Waals surface area (Å²) in [7, 11) is 0. The normalized spacial score (nSPS) is 16.5. The van der Waals surface area contributed by atoms with Crippen LogP contribution in [0.1, 0.15) is 5.56 Å². The highest BCUT2D eigenvalue weighted by molar-refractivity contribution is 7.19. The van der Waals surface area contributed by atoms with Crippen molar-refractivity contribution in [3.8, 4) is 0 Å². The van der Waals surface area contributed by atoms with Gasteiger partial charge in [-0.1, -0.05) is 29.8 Å². The van der Waals surface area contributed by atoms with Crippen LogP contribution in [0.25, 0.3) is 10.9 Å². The molecule has 3 nitrogen and oxygen atoms in total. The van der Waals surface area contributed by atoms with Gasteiger partial charge in [0.2, 0.25) is 0 Å². The largest absolute Gasteiger partial charge is 0.361 e. The molecule has 0 saturated carbocycles. The Morgan fingerprint density at radius 3 is 2.64 bits per heavy atom. The van der Waals surface area contributed by atoms with Gasteiger partial charge in [-0.3, -0.25) is 4.90 Å². The number of nitrogens with one attached hydrogen (secondary N) is 1. The maximum atomic E-state index is 6.04. The quantitative estimate of drug-likeness (QED) is 0.777. The van der Waals surface area contributed by atoms with Crippen LogP contribution in [0, 0.1) is 0 Å². The van der Waals surface area contributed by atoms with Gasteiger partial charge < -0.3 is 9.88 Å². The Morgan fingerprint density at radius 1 is 1.05 bits per heavy atom. The molecule has 0 spiro atoms. The van der Waals surface area contributed by atoms with Crippen molar-refractivity contribution < 1.29 is 0 Å². The zero-order valence-electron chi connectivity index (χ0n) is 12.3. The van der Waals surface area contributed by atoms with E-state index in [-0.39, 0.29) is 0 Å². The zero-order valence-corrected chi connectivity index (χ0v) is 13.8.